The van der Waals surface area contributed by atoms with Gasteiger partial charge in [0.1, 0.15) is 5.75 Å². The quantitative estimate of drug-likeness (QED) is 0.595. The van der Waals surface area contributed by atoms with Crippen LogP contribution in [0, 0.1) is 5.92 Å². The Balaban J connectivity index is 1.85. The molecule has 2 N–H and O–H groups in total. The molecule has 0 spiro atoms. The molecule has 1 heterocycles. The van der Waals surface area contributed by atoms with Gasteiger partial charge in [0.05, 0.1) is 6.61 Å². The Labute approximate surface area is 151 Å². The fourth-order valence-corrected chi connectivity index (χ4v) is 2.62. The van der Waals surface area contributed by atoms with Crippen molar-refractivity contribution in [1.29, 1.82) is 0 Å². The summed E-state index contributed by atoms with van der Waals surface area (Å²) in [5.41, 5.74) is 0.767. The molecule has 0 atom stereocenters. The average molecular weight is 361 g/mol. The summed E-state index contributed by atoms with van der Waals surface area (Å²) in [6, 6.07) is 11.3. The molecular weight excluding hydrogens is 340 g/mol. The number of hydrogen-bond acceptors (Lipinski definition) is 4. The standard InChI is InChI=1S/C18H20N2O2S2/c1-13(2)12-22-15-6-3-5-14(11-15)19-18(23)20-17(21)9-8-16-7-4-10-24-16/h3-11,13H,12H2,1-2H3,(H2,19,20,21,23)/b9-8+. The Morgan fingerprint density at radius 1 is 1.33 bits per heavy atom. The van der Waals surface area contributed by atoms with Crippen molar-refractivity contribution in [3.05, 3.63) is 52.7 Å². The number of thiocarbonyl (C=S) groups is 1. The minimum Gasteiger partial charge on any atom is -0.493 e. The summed E-state index contributed by atoms with van der Waals surface area (Å²) in [7, 11) is 0. The minimum atomic E-state index is -0.270. The molecule has 1 aromatic carbocycles. The van der Waals surface area contributed by atoms with Gasteiger partial charge in [0.2, 0.25) is 5.91 Å². The summed E-state index contributed by atoms with van der Waals surface area (Å²) >= 11 is 6.73. The normalized spacial score (nSPS) is 10.8. The van der Waals surface area contributed by atoms with Crippen molar-refractivity contribution >= 4 is 46.3 Å². The van der Waals surface area contributed by atoms with Crippen LogP contribution in [0.15, 0.2) is 47.9 Å². The zero-order valence-corrected chi connectivity index (χ0v) is 15.2. The first-order chi connectivity index (χ1) is 11.5. The molecule has 0 saturated carbocycles. The Bertz CT molecular complexity index is 710. The summed E-state index contributed by atoms with van der Waals surface area (Å²) < 4.78 is 5.67. The van der Waals surface area contributed by atoms with Crippen LogP contribution >= 0.6 is 23.6 Å². The number of benzene rings is 1. The molecule has 0 unspecified atom stereocenters. The van der Waals surface area contributed by atoms with Gasteiger partial charge in [-0.05, 0) is 47.8 Å². The van der Waals surface area contributed by atoms with Crippen LogP contribution in [0.5, 0.6) is 5.75 Å². The van der Waals surface area contributed by atoms with E-state index in [4.69, 9.17) is 17.0 Å². The van der Waals surface area contributed by atoms with Crippen LogP contribution in [-0.2, 0) is 4.79 Å². The maximum absolute atomic E-state index is 11.8. The summed E-state index contributed by atoms with van der Waals surface area (Å²) in [5.74, 6) is 0.950. The molecule has 6 heteroatoms. The number of rotatable bonds is 6. The van der Waals surface area contributed by atoms with Gasteiger partial charge in [-0.3, -0.25) is 10.1 Å². The minimum absolute atomic E-state index is 0.247. The lowest BCUT2D eigenvalue weighted by atomic mass is 10.2. The second-order valence-corrected chi connectivity index (χ2v) is 6.91. The molecule has 126 valence electrons. The average Bonchev–Trinajstić information content (AvgIpc) is 3.04. The van der Waals surface area contributed by atoms with Crippen molar-refractivity contribution in [2.75, 3.05) is 11.9 Å². The molecule has 0 aliphatic rings. The Morgan fingerprint density at radius 2 is 2.17 bits per heavy atom. The zero-order chi connectivity index (χ0) is 17.4. The second kappa shape index (κ2) is 9.20. The van der Waals surface area contributed by atoms with E-state index < -0.39 is 0 Å². The molecule has 0 aliphatic carbocycles. The molecule has 4 nitrogen and oxygen atoms in total. The molecule has 24 heavy (non-hydrogen) atoms. The summed E-state index contributed by atoms with van der Waals surface area (Å²) in [4.78, 5) is 12.9. The third kappa shape index (κ3) is 6.52. The smallest absolute Gasteiger partial charge is 0.250 e. The van der Waals surface area contributed by atoms with E-state index in [1.807, 2.05) is 41.8 Å². The van der Waals surface area contributed by atoms with Crippen LogP contribution in [0.4, 0.5) is 5.69 Å². The summed E-state index contributed by atoms with van der Waals surface area (Å²) in [5, 5.41) is 7.80. The number of ether oxygens (including phenoxy) is 1. The molecule has 0 aliphatic heterocycles. The number of nitrogens with one attached hydrogen (secondary N) is 2. The van der Waals surface area contributed by atoms with Crippen LogP contribution in [0.3, 0.4) is 0 Å². The SMILES string of the molecule is CC(C)COc1cccc(NC(=S)NC(=O)/C=C/c2cccs2)c1. The molecule has 0 bridgehead atoms. The van der Waals surface area contributed by atoms with Gasteiger partial charge in [0.25, 0.3) is 0 Å². The molecule has 2 rings (SSSR count). The van der Waals surface area contributed by atoms with Gasteiger partial charge in [-0.15, -0.1) is 11.3 Å². The number of thiophene rings is 1. The Morgan fingerprint density at radius 3 is 2.88 bits per heavy atom. The van der Waals surface area contributed by atoms with Gasteiger partial charge in [-0.1, -0.05) is 26.0 Å². The van der Waals surface area contributed by atoms with E-state index in [0.717, 1.165) is 16.3 Å². The largest absolute Gasteiger partial charge is 0.493 e. The third-order valence-electron chi connectivity index (χ3n) is 2.85. The Hall–Kier alpha value is -2.18. The van der Waals surface area contributed by atoms with Gasteiger partial charge >= 0.3 is 0 Å². The lowest BCUT2D eigenvalue weighted by Gasteiger charge is -2.11. The van der Waals surface area contributed by atoms with Crippen molar-refractivity contribution in [3.8, 4) is 5.75 Å². The highest BCUT2D eigenvalue weighted by atomic mass is 32.1. The van der Waals surface area contributed by atoms with Gasteiger partial charge in [0, 0.05) is 22.7 Å². The molecule has 0 fully saturated rings. The number of carbonyl (C=O) groups is 1. The van der Waals surface area contributed by atoms with Crippen LogP contribution in [0.2, 0.25) is 0 Å². The van der Waals surface area contributed by atoms with Crippen LogP contribution in [0.1, 0.15) is 18.7 Å². The second-order valence-electron chi connectivity index (χ2n) is 5.52. The lowest BCUT2D eigenvalue weighted by molar-refractivity contribution is -0.115. The van der Waals surface area contributed by atoms with E-state index in [0.29, 0.717) is 12.5 Å². The predicted octanol–water partition coefficient (Wildman–Crippen LogP) is 4.31. The monoisotopic (exact) mass is 360 g/mol. The lowest BCUT2D eigenvalue weighted by Crippen LogP contribution is -2.32. The van der Waals surface area contributed by atoms with E-state index in [9.17, 15) is 4.79 Å². The maximum atomic E-state index is 11.8. The first kappa shape index (κ1) is 18.2. The zero-order valence-electron chi connectivity index (χ0n) is 13.6. The van der Waals surface area contributed by atoms with Crippen molar-refractivity contribution in [2.45, 2.75) is 13.8 Å². The van der Waals surface area contributed by atoms with Crippen molar-refractivity contribution in [2.24, 2.45) is 5.92 Å². The molecular formula is C18H20N2O2S2. The van der Waals surface area contributed by atoms with Gasteiger partial charge in [-0.2, -0.15) is 0 Å². The first-order valence-corrected chi connectivity index (χ1v) is 8.88. The number of hydrogen-bond donors (Lipinski definition) is 2. The molecule has 0 radical (unpaired) electrons. The van der Waals surface area contributed by atoms with Crippen LogP contribution in [0.25, 0.3) is 6.08 Å². The van der Waals surface area contributed by atoms with E-state index in [-0.39, 0.29) is 11.0 Å². The molecule has 1 aromatic heterocycles. The van der Waals surface area contributed by atoms with Crippen molar-refractivity contribution in [3.63, 3.8) is 0 Å². The van der Waals surface area contributed by atoms with Gasteiger partial charge in [-0.25, -0.2) is 0 Å². The van der Waals surface area contributed by atoms with E-state index in [1.165, 1.54) is 6.08 Å². The van der Waals surface area contributed by atoms with Crippen molar-refractivity contribution in [1.82, 2.24) is 5.32 Å². The van der Waals surface area contributed by atoms with Crippen LogP contribution in [-0.4, -0.2) is 17.6 Å². The highest BCUT2D eigenvalue weighted by Gasteiger charge is 2.03. The fourth-order valence-electron chi connectivity index (χ4n) is 1.79. The first-order valence-electron chi connectivity index (χ1n) is 7.59. The number of carbonyl (C=O) groups excluding carboxylic acids is 1. The number of anilines is 1. The molecule has 0 saturated heterocycles. The fraction of sp³-hybridized carbons (Fsp3) is 0.222. The third-order valence-corrected chi connectivity index (χ3v) is 3.90. The summed E-state index contributed by atoms with van der Waals surface area (Å²) in [6.45, 7) is 4.84. The molecule has 1 amide bonds. The predicted molar refractivity (Wildman–Crippen MR) is 104 cm³/mol. The van der Waals surface area contributed by atoms with Crippen molar-refractivity contribution < 1.29 is 9.53 Å². The van der Waals surface area contributed by atoms with E-state index in [1.54, 1.807) is 17.4 Å². The van der Waals surface area contributed by atoms with Gasteiger partial charge in [0.15, 0.2) is 5.11 Å². The maximum Gasteiger partial charge on any atom is 0.250 e. The Kier molecular flexibility index (Phi) is 6.96. The summed E-state index contributed by atoms with van der Waals surface area (Å²) in [6.07, 6.45) is 3.21. The van der Waals surface area contributed by atoms with Gasteiger partial charge < -0.3 is 10.1 Å². The molecule has 2 aromatic rings. The highest BCUT2D eigenvalue weighted by Crippen LogP contribution is 2.18. The van der Waals surface area contributed by atoms with E-state index >= 15 is 0 Å². The van der Waals surface area contributed by atoms with Crippen LogP contribution < -0.4 is 15.4 Å². The highest BCUT2D eigenvalue weighted by molar-refractivity contribution is 7.80. The topological polar surface area (TPSA) is 50.4 Å². The van der Waals surface area contributed by atoms with E-state index in [2.05, 4.69) is 24.5 Å². The number of amides is 1.